The average Bonchev–Trinajstić information content (AvgIpc) is 2.95. The molecule has 0 saturated heterocycles. The number of benzene rings is 2. The SMILES string of the molecule is O=C(NCc1ccc2c(c1)CNC2)c1ccc(F)c(Br)c1. The molecule has 1 heterocycles. The molecule has 0 saturated carbocycles. The molecule has 3 nitrogen and oxygen atoms in total. The number of halogens is 2. The van der Waals surface area contributed by atoms with Crippen molar-refractivity contribution in [2.45, 2.75) is 19.6 Å². The molecule has 0 aromatic heterocycles. The lowest BCUT2D eigenvalue weighted by molar-refractivity contribution is 0.0951. The van der Waals surface area contributed by atoms with Crippen LogP contribution in [-0.4, -0.2) is 5.91 Å². The van der Waals surface area contributed by atoms with Crippen molar-refractivity contribution in [3.8, 4) is 0 Å². The van der Waals surface area contributed by atoms with Crippen LogP contribution in [0.5, 0.6) is 0 Å². The van der Waals surface area contributed by atoms with Gasteiger partial charge in [0.1, 0.15) is 5.82 Å². The van der Waals surface area contributed by atoms with Crippen molar-refractivity contribution < 1.29 is 9.18 Å². The first-order valence-electron chi connectivity index (χ1n) is 6.68. The lowest BCUT2D eigenvalue weighted by atomic mass is 10.1. The van der Waals surface area contributed by atoms with Crippen molar-refractivity contribution in [1.82, 2.24) is 10.6 Å². The Morgan fingerprint density at radius 2 is 2.00 bits per heavy atom. The van der Waals surface area contributed by atoms with Gasteiger partial charge in [-0.1, -0.05) is 18.2 Å². The molecule has 108 valence electrons. The van der Waals surface area contributed by atoms with E-state index in [1.54, 1.807) is 0 Å². The number of hydrogen-bond donors (Lipinski definition) is 2. The molecule has 0 spiro atoms. The fraction of sp³-hybridized carbons (Fsp3) is 0.188. The van der Waals surface area contributed by atoms with E-state index in [1.807, 2.05) is 6.07 Å². The fourth-order valence-corrected chi connectivity index (χ4v) is 2.76. The van der Waals surface area contributed by atoms with Crippen LogP contribution >= 0.6 is 15.9 Å². The largest absolute Gasteiger partial charge is 0.348 e. The van der Waals surface area contributed by atoms with Crippen molar-refractivity contribution >= 4 is 21.8 Å². The number of carbonyl (C=O) groups excluding carboxylic acids is 1. The molecular formula is C16H14BrFN2O. The van der Waals surface area contributed by atoms with Gasteiger partial charge in [-0.3, -0.25) is 4.79 Å². The standard InChI is InChI=1S/C16H14BrFN2O/c17-14-6-11(3-4-15(14)18)16(21)20-7-10-1-2-12-8-19-9-13(12)5-10/h1-6,19H,7-9H2,(H,20,21). The van der Waals surface area contributed by atoms with Crippen molar-refractivity contribution in [3.05, 3.63) is 68.9 Å². The molecular weight excluding hydrogens is 335 g/mol. The van der Waals surface area contributed by atoms with E-state index in [1.165, 1.54) is 29.3 Å². The molecule has 3 rings (SSSR count). The summed E-state index contributed by atoms with van der Waals surface area (Å²) >= 11 is 3.08. The molecule has 0 radical (unpaired) electrons. The second-order valence-electron chi connectivity index (χ2n) is 5.02. The van der Waals surface area contributed by atoms with Crippen LogP contribution in [-0.2, 0) is 19.6 Å². The normalized spacial score (nSPS) is 13.0. The summed E-state index contributed by atoms with van der Waals surface area (Å²) in [6, 6.07) is 10.5. The van der Waals surface area contributed by atoms with Crippen molar-refractivity contribution in [2.24, 2.45) is 0 Å². The van der Waals surface area contributed by atoms with E-state index in [-0.39, 0.29) is 11.7 Å². The Morgan fingerprint density at radius 3 is 2.81 bits per heavy atom. The highest BCUT2D eigenvalue weighted by molar-refractivity contribution is 9.10. The minimum absolute atomic E-state index is 0.214. The molecule has 0 atom stereocenters. The predicted octanol–water partition coefficient (Wildman–Crippen LogP) is 3.12. The molecule has 0 bridgehead atoms. The molecule has 2 aromatic carbocycles. The van der Waals surface area contributed by atoms with E-state index in [4.69, 9.17) is 0 Å². The number of nitrogens with one attached hydrogen (secondary N) is 2. The average molecular weight is 349 g/mol. The van der Waals surface area contributed by atoms with E-state index in [9.17, 15) is 9.18 Å². The Bertz CT molecular complexity index is 703. The maximum Gasteiger partial charge on any atom is 0.251 e. The van der Waals surface area contributed by atoms with Gasteiger partial charge in [0.05, 0.1) is 4.47 Å². The molecule has 5 heteroatoms. The third kappa shape index (κ3) is 3.14. The Balaban J connectivity index is 1.67. The second kappa shape index (κ2) is 5.95. The summed E-state index contributed by atoms with van der Waals surface area (Å²) in [6.45, 7) is 2.24. The first kappa shape index (κ1) is 14.2. The minimum Gasteiger partial charge on any atom is -0.348 e. The van der Waals surface area contributed by atoms with E-state index in [0.717, 1.165) is 18.7 Å². The quantitative estimate of drug-likeness (QED) is 0.894. The summed E-state index contributed by atoms with van der Waals surface area (Å²) in [5.41, 5.74) is 4.09. The zero-order chi connectivity index (χ0) is 14.8. The summed E-state index contributed by atoms with van der Waals surface area (Å²) < 4.78 is 13.4. The monoisotopic (exact) mass is 348 g/mol. The van der Waals surface area contributed by atoms with Gasteiger partial charge < -0.3 is 10.6 Å². The Hall–Kier alpha value is -1.72. The van der Waals surface area contributed by atoms with Crippen LogP contribution in [0.25, 0.3) is 0 Å². The molecule has 1 aliphatic heterocycles. The van der Waals surface area contributed by atoms with Crippen molar-refractivity contribution in [3.63, 3.8) is 0 Å². The van der Waals surface area contributed by atoms with Gasteiger partial charge in [0.25, 0.3) is 5.91 Å². The van der Waals surface area contributed by atoms with Gasteiger partial charge in [0.2, 0.25) is 0 Å². The number of fused-ring (bicyclic) bond motifs is 1. The molecule has 1 amide bonds. The van der Waals surface area contributed by atoms with Gasteiger partial charge in [-0.15, -0.1) is 0 Å². The third-order valence-electron chi connectivity index (χ3n) is 3.54. The highest BCUT2D eigenvalue weighted by Crippen LogP contribution is 2.18. The highest BCUT2D eigenvalue weighted by atomic mass is 79.9. The smallest absolute Gasteiger partial charge is 0.251 e. The molecule has 2 aromatic rings. The van der Waals surface area contributed by atoms with E-state index in [2.05, 4.69) is 38.7 Å². The number of rotatable bonds is 3. The number of amides is 1. The Morgan fingerprint density at radius 1 is 1.19 bits per heavy atom. The summed E-state index contributed by atoms with van der Waals surface area (Å²) in [5.74, 6) is -0.591. The van der Waals surface area contributed by atoms with Crippen LogP contribution in [0.15, 0.2) is 40.9 Å². The minimum atomic E-state index is -0.377. The number of carbonyl (C=O) groups is 1. The molecule has 0 fully saturated rings. The summed E-state index contributed by atoms with van der Waals surface area (Å²) in [4.78, 5) is 12.0. The van der Waals surface area contributed by atoms with Crippen LogP contribution in [0.2, 0.25) is 0 Å². The van der Waals surface area contributed by atoms with Gasteiger partial charge in [-0.05, 0) is 50.8 Å². The van der Waals surface area contributed by atoms with Crippen LogP contribution in [0.3, 0.4) is 0 Å². The van der Waals surface area contributed by atoms with Crippen LogP contribution in [0.1, 0.15) is 27.0 Å². The molecule has 21 heavy (non-hydrogen) atoms. The fourth-order valence-electron chi connectivity index (χ4n) is 2.38. The van der Waals surface area contributed by atoms with Crippen molar-refractivity contribution in [1.29, 1.82) is 0 Å². The van der Waals surface area contributed by atoms with E-state index >= 15 is 0 Å². The van der Waals surface area contributed by atoms with Crippen molar-refractivity contribution in [2.75, 3.05) is 0 Å². The Kier molecular flexibility index (Phi) is 4.03. The summed E-state index contributed by atoms with van der Waals surface area (Å²) in [6.07, 6.45) is 0. The summed E-state index contributed by atoms with van der Waals surface area (Å²) in [7, 11) is 0. The second-order valence-corrected chi connectivity index (χ2v) is 5.87. The van der Waals surface area contributed by atoms with Gasteiger partial charge in [-0.25, -0.2) is 4.39 Å². The van der Waals surface area contributed by atoms with Crippen LogP contribution < -0.4 is 10.6 Å². The van der Waals surface area contributed by atoms with Gasteiger partial charge in [-0.2, -0.15) is 0 Å². The van der Waals surface area contributed by atoms with Crippen LogP contribution in [0, 0.1) is 5.82 Å². The lowest BCUT2D eigenvalue weighted by Crippen LogP contribution is -2.22. The predicted molar refractivity (Wildman–Crippen MR) is 82.3 cm³/mol. The topological polar surface area (TPSA) is 41.1 Å². The van der Waals surface area contributed by atoms with Gasteiger partial charge in [0, 0.05) is 25.2 Å². The third-order valence-corrected chi connectivity index (χ3v) is 4.14. The number of hydrogen-bond acceptors (Lipinski definition) is 2. The Labute approximate surface area is 130 Å². The summed E-state index contributed by atoms with van der Waals surface area (Å²) in [5, 5.41) is 6.14. The first-order valence-corrected chi connectivity index (χ1v) is 7.47. The van der Waals surface area contributed by atoms with Gasteiger partial charge in [0.15, 0.2) is 0 Å². The molecule has 0 aliphatic carbocycles. The molecule has 2 N–H and O–H groups in total. The molecule has 0 unspecified atom stereocenters. The maximum absolute atomic E-state index is 13.2. The zero-order valence-electron chi connectivity index (χ0n) is 11.2. The zero-order valence-corrected chi connectivity index (χ0v) is 12.8. The highest BCUT2D eigenvalue weighted by Gasteiger charge is 2.11. The molecule has 1 aliphatic rings. The van der Waals surface area contributed by atoms with Gasteiger partial charge >= 0.3 is 0 Å². The van der Waals surface area contributed by atoms with Crippen LogP contribution in [0.4, 0.5) is 4.39 Å². The lowest BCUT2D eigenvalue weighted by Gasteiger charge is -2.07. The first-order chi connectivity index (χ1) is 10.1. The van der Waals surface area contributed by atoms with E-state index < -0.39 is 0 Å². The maximum atomic E-state index is 13.2. The van der Waals surface area contributed by atoms with E-state index in [0.29, 0.717) is 16.6 Å².